The molecule has 1 atom stereocenters. The highest BCUT2D eigenvalue weighted by atomic mass is 15.2. The first-order chi connectivity index (χ1) is 8.72. The number of allylic oxidation sites excluding steroid dienone is 2. The van der Waals surface area contributed by atoms with E-state index in [2.05, 4.69) is 33.7 Å². The van der Waals surface area contributed by atoms with Crippen LogP contribution in [0.5, 0.6) is 0 Å². The maximum Gasteiger partial charge on any atom is 0.166 e. The fourth-order valence-corrected chi connectivity index (χ4v) is 2.15. The summed E-state index contributed by atoms with van der Waals surface area (Å²) in [6.45, 7) is 4.65. The lowest BCUT2D eigenvalue weighted by Gasteiger charge is -2.19. The van der Waals surface area contributed by atoms with Crippen molar-refractivity contribution in [1.29, 1.82) is 5.26 Å². The molecule has 0 aliphatic heterocycles. The Hall–Kier alpha value is -1.89. The largest absolute Gasteiger partial charge is 0.367 e. The topological polar surface area (TPSA) is 61.6 Å². The van der Waals surface area contributed by atoms with E-state index in [1.165, 1.54) is 6.42 Å². The van der Waals surface area contributed by atoms with E-state index in [0.29, 0.717) is 17.3 Å². The first-order valence-electron chi connectivity index (χ1n) is 6.35. The zero-order valence-electron chi connectivity index (χ0n) is 10.9. The van der Waals surface area contributed by atoms with E-state index in [1.54, 1.807) is 0 Å². The number of anilines is 1. The summed E-state index contributed by atoms with van der Waals surface area (Å²) in [5, 5.41) is 20.6. The van der Waals surface area contributed by atoms with Crippen molar-refractivity contribution in [3.8, 4) is 6.07 Å². The lowest BCUT2D eigenvalue weighted by Crippen LogP contribution is -2.17. The Morgan fingerprint density at radius 3 is 2.89 bits per heavy atom. The van der Waals surface area contributed by atoms with Crippen LogP contribution in [0.2, 0.25) is 0 Å². The van der Waals surface area contributed by atoms with Crippen molar-refractivity contribution in [2.75, 3.05) is 11.9 Å². The molecular formula is C14H18N4. The molecule has 0 amide bonds. The molecule has 1 aromatic heterocycles. The van der Waals surface area contributed by atoms with Crippen molar-refractivity contribution >= 4 is 5.82 Å². The molecule has 0 bridgehead atoms. The van der Waals surface area contributed by atoms with Gasteiger partial charge >= 0.3 is 0 Å². The summed E-state index contributed by atoms with van der Waals surface area (Å²) in [5.74, 6) is 1.25. The molecule has 2 rings (SSSR count). The third kappa shape index (κ3) is 2.67. The molecule has 1 aliphatic carbocycles. The predicted molar refractivity (Wildman–Crippen MR) is 71.2 cm³/mol. The SMILES string of the molecule is Cc1nnc(NC[C@H]2CC=CCC2)c(C#N)c1C. The van der Waals surface area contributed by atoms with Crippen LogP contribution < -0.4 is 5.32 Å². The van der Waals surface area contributed by atoms with Crippen LogP contribution in [0.25, 0.3) is 0 Å². The molecule has 94 valence electrons. The molecule has 0 aromatic carbocycles. The average Bonchev–Trinajstić information content (AvgIpc) is 2.41. The van der Waals surface area contributed by atoms with Gasteiger partial charge in [0.25, 0.3) is 0 Å². The van der Waals surface area contributed by atoms with E-state index in [-0.39, 0.29) is 0 Å². The molecule has 4 heteroatoms. The number of aromatic nitrogens is 2. The van der Waals surface area contributed by atoms with Gasteiger partial charge in [0, 0.05) is 6.54 Å². The molecule has 18 heavy (non-hydrogen) atoms. The molecule has 0 unspecified atom stereocenters. The maximum absolute atomic E-state index is 9.19. The summed E-state index contributed by atoms with van der Waals surface area (Å²) < 4.78 is 0. The number of aryl methyl sites for hydroxylation is 1. The number of nitrogens with one attached hydrogen (secondary N) is 1. The van der Waals surface area contributed by atoms with Gasteiger partial charge in [-0.05, 0) is 44.6 Å². The van der Waals surface area contributed by atoms with Gasteiger partial charge in [-0.2, -0.15) is 10.4 Å². The molecule has 0 fully saturated rings. The normalized spacial score (nSPS) is 18.4. The summed E-state index contributed by atoms with van der Waals surface area (Å²) in [6.07, 6.45) is 7.91. The smallest absolute Gasteiger partial charge is 0.166 e. The van der Waals surface area contributed by atoms with Gasteiger partial charge in [0.05, 0.1) is 5.69 Å². The van der Waals surface area contributed by atoms with Crippen molar-refractivity contribution in [2.24, 2.45) is 5.92 Å². The second kappa shape index (κ2) is 5.63. The Labute approximate surface area is 108 Å². The van der Waals surface area contributed by atoms with Gasteiger partial charge in [-0.3, -0.25) is 0 Å². The van der Waals surface area contributed by atoms with Crippen LogP contribution in [0.3, 0.4) is 0 Å². The highest BCUT2D eigenvalue weighted by Gasteiger charge is 2.13. The molecule has 0 saturated heterocycles. The van der Waals surface area contributed by atoms with E-state index in [1.807, 2.05) is 13.8 Å². The minimum atomic E-state index is 0.619. The van der Waals surface area contributed by atoms with Crippen molar-refractivity contribution in [3.63, 3.8) is 0 Å². The molecule has 0 saturated carbocycles. The Balaban J connectivity index is 2.07. The molecule has 1 aliphatic rings. The number of nitriles is 1. The molecule has 1 aromatic rings. The Bertz CT molecular complexity index is 499. The third-order valence-electron chi connectivity index (χ3n) is 3.50. The predicted octanol–water partition coefficient (Wildman–Crippen LogP) is 2.73. The van der Waals surface area contributed by atoms with E-state index >= 15 is 0 Å². The zero-order chi connectivity index (χ0) is 13.0. The first kappa shape index (κ1) is 12.6. The van der Waals surface area contributed by atoms with E-state index in [0.717, 1.165) is 30.6 Å². The quantitative estimate of drug-likeness (QED) is 0.828. The second-order valence-electron chi connectivity index (χ2n) is 4.78. The van der Waals surface area contributed by atoms with E-state index < -0.39 is 0 Å². The summed E-state index contributed by atoms with van der Waals surface area (Å²) >= 11 is 0. The molecule has 4 nitrogen and oxygen atoms in total. The summed E-state index contributed by atoms with van der Waals surface area (Å²) in [6, 6.07) is 2.21. The minimum Gasteiger partial charge on any atom is -0.367 e. The second-order valence-corrected chi connectivity index (χ2v) is 4.78. The van der Waals surface area contributed by atoms with Crippen molar-refractivity contribution in [3.05, 3.63) is 29.0 Å². The van der Waals surface area contributed by atoms with Gasteiger partial charge in [-0.25, -0.2) is 0 Å². The fourth-order valence-electron chi connectivity index (χ4n) is 2.15. The van der Waals surface area contributed by atoms with E-state index in [9.17, 15) is 5.26 Å². The zero-order valence-corrected chi connectivity index (χ0v) is 10.9. The Kier molecular flexibility index (Phi) is 3.93. The van der Waals surface area contributed by atoms with Crippen molar-refractivity contribution in [2.45, 2.75) is 33.1 Å². The maximum atomic E-state index is 9.19. The van der Waals surface area contributed by atoms with Crippen molar-refractivity contribution < 1.29 is 0 Å². The van der Waals surface area contributed by atoms with Gasteiger partial charge in [0.2, 0.25) is 0 Å². The van der Waals surface area contributed by atoms with Gasteiger partial charge in [-0.15, -0.1) is 5.10 Å². The summed E-state index contributed by atoms with van der Waals surface area (Å²) in [7, 11) is 0. The molecule has 0 spiro atoms. The van der Waals surface area contributed by atoms with Crippen LogP contribution in [-0.4, -0.2) is 16.7 Å². The van der Waals surface area contributed by atoms with Crippen LogP contribution >= 0.6 is 0 Å². The minimum absolute atomic E-state index is 0.619. The van der Waals surface area contributed by atoms with Gasteiger partial charge in [0.1, 0.15) is 11.6 Å². The lowest BCUT2D eigenvalue weighted by molar-refractivity contribution is 0.503. The van der Waals surface area contributed by atoms with Crippen LogP contribution in [0, 0.1) is 31.1 Å². The lowest BCUT2D eigenvalue weighted by atomic mass is 9.94. The van der Waals surface area contributed by atoms with Crippen LogP contribution in [0.15, 0.2) is 12.2 Å². The molecular weight excluding hydrogens is 224 g/mol. The first-order valence-corrected chi connectivity index (χ1v) is 6.35. The van der Waals surface area contributed by atoms with Crippen LogP contribution in [0.4, 0.5) is 5.82 Å². The molecule has 1 N–H and O–H groups in total. The summed E-state index contributed by atoms with van der Waals surface area (Å²) in [5.41, 5.74) is 2.35. The summed E-state index contributed by atoms with van der Waals surface area (Å²) in [4.78, 5) is 0. The van der Waals surface area contributed by atoms with Gasteiger partial charge in [0.15, 0.2) is 5.82 Å². The number of hydrogen-bond donors (Lipinski definition) is 1. The fraction of sp³-hybridized carbons (Fsp3) is 0.500. The van der Waals surface area contributed by atoms with E-state index in [4.69, 9.17) is 0 Å². The molecule has 0 radical (unpaired) electrons. The standard InChI is InChI=1S/C14H18N4/c1-10-11(2)17-18-14(13(10)8-15)16-9-12-6-4-3-5-7-12/h3-4,12H,5-7,9H2,1-2H3,(H,16,18)/t12-/m0/s1. The highest BCUT2D eigenvalue weighted by Crippen LogP contribution is 2.21. The monoisotopic (exact) mass is 242 g/mol. The Morgan fingerprint density at radius 2 is 2.22 bits per heavy atom. The number of hydrogen-bond acceptors (Lipinski definition) is 4. The van der Waals surface area contributed by atoms with Crippen LogP contribution in [-0.2, 0) is 0 Å². The van der Waals surface area contributed by atoms with Crippen molar-refractivity contribution in [1.82, 2.24) is 10.2 Å². The third-order valence-corrected chi connectivity index (χ3v) is 3.50. The van der Waals surface area contributed by atoms with Gasteiger partial charge < -0.3 is 5.32 Å². The average molecular weight is 242 g/mol. The van der Waals surface area contributed by atoms with Crippen LogP contribution in [0.1, 0.15) is 36.1 Å². The molecule has 1 heterocycles. The Morgan fingerprint density at radius 1 is 1.39 bits per heavy atom. The van der Waals surface area contributed by atoms with Gasteiger partial charge in [-0.1, -0.05) is 12.2 Å². The number of rotatable bonds is 3. The number of nitrogens with zero attached hydrogens (tertiary/aromatic N) is 3. The highest BCUT2D eigenvalue weighted by molar-refractivity contribution is 5.55.